The molecule has 5 heteroatoms. The van der Waals surface area contributed by atoms with Crippen LogP contribution >= 0.6 is 0 Å². The van der Waals surface area contributed by atoms with Crippen LogP contribution in [0.2, 0.25) is 0 Å². The molecule has 1 N–H and O–H groups in total. The van der Waals surface area contributed by atoms with Gasteiger partial charge in [-0.15, -0.1) is 0 Å². The molecule has 1 saturated carbocycles. The summed E-state index contributed by atoms with van der Waals surface area (Å²) in [6, 6.07) is 0. The van der Waals surface area contributed by atoms with Gasteiger partial charge < -0.3 is 14.8 Å². The summed E-state index contributed by atoms with van der Waals surface area (Å²) in [5, 5.41) is 2.99. The maximum Gasteiger partial charge on any atom is 0.146 e. The molecule has 0 aromatic carbocycles. The number of carbonyl (C=O) groups is 2. The number of rotatable bonds is 10. The normalized spacial score (nSPS) is 23.3. The third-order valence-corrected chi connectivity index (χ3v) is 3.38. The van der Waals surface area contributed by atoms with Crippen LogP contribution in [-0.4, -0.2) is 51.6 Å². The van der Waals surface area contributed by atoms with Crippen LogP contribution in [0.3, 0.4) is 0 Å². The van der Waals surface area contributed by atoms with E-state index in [1.54, 1.807) is 0 Å². The first-order valence-corrected chi connectivity index (χ1v) is 7.03. The van der Waals surface area contributed by atoms with Crippen LogP contribution in [0.1, 0.15) is 27.6 Å². The molecule has 1 aliphatic carbocycles. The average Bonchev–Trinajstić information content (AvgIpc) is 2.63. The van der Waals surface area contributed by atoms with Crippen molar-refractivity contribution in [3.8, 4) is 0 Å². The Morgan fingerprint density at radius 3 is 2.47 bits per heavy atom. The minimum Gasteiger partial charge on any atom is -0.379 e. The second kappa shape index (κ2) is 9.18. The van der Waals surface area contributed by atoms with Gasteiger partial charge in [-0.1, -0.05) is 6.92 Å². The Labute approximate surface area is 116 Å². The summed E-state index contributed by atoms with van der Waals surface area (Å²) in [6.45, 7) is 5.08. The molecule has 0 aromatic heterocycles. The van der Waals surface area contributed by atoms with E-state index in [2.05, 4.69) is 5.32 Å². The lowest BCUT2D eigenvalue weighted by atomic mass is 9.98. The van der Waals surface area contributed by atoms with Crippen LogP contribution in [-0.2, 0) is 19.1 Å². The van der Waals surface area contributed by atoms with Crippen LogP contribution in [0, 0.1) is 11.8 Å². The molecule has 0 amide bonds. The summed E-state index contributed by atoms with van der Waals surface area (Å²) in [4.78, 5) is 23.3. The summed E-state index contributed by atoms with van der Waals surface area (Å²) in [5.41, 5.74) is 0. The van der Waals surface area contributed by atoms with Gasteiger partial charge in [0.25, 0.3) is 0 Å². The van der Waals surface area contributed by atoms with Gasteiger partial charge in [0.15, 0.2) is 0 Å². The molecule has 2 atom stereocenters. The highest BCUT2D eigenvalue weighted by molar-refractivity contribution is 6.09. The van der Waals surface area contributed by atoms with Gasteiger partial charge in [-0.3, -0.25) is 9.59 Å². The Balaban J connectivity index is 0.00000361. The summed E-state index contributed by atoms with van der Waals surface area (Å²) in [5.74, 6) is -0.238. The molecule has 0 aliphatic heterocycles. The molecule has 1 rings (SSSR count). The number of hydrogen-bond acceptors (Lipinski definition) is 5. The van der Waals surface area contributed by atoms with E-state index in [1.807, 2.05) is 14.0 Å². The minimum atomic E-state index is -0.370. The van der Waals surface area contributed by atoms with E-state index >= 15 is 0 Å². The minimum absolute atomic E-state index is 0. The Hall–Kier alpha value is -0.780. The molecule has 1 aliphatic rings. The lowest BCUT2D eigenvalue weighted by molar-refractivity contribution is -0.128. The average molecular weight is 273 g/mol. The van der Waals surface area contributed by atoms with Crippen molar-refractivity contribution in [2.45, 2.75) is 26.2 Å². The number of hydrogen-bond donors (Lipinski definition) is 1. The third-order valence-electron chi connectivity index (χ3n) is 3.38. The molecule has 0 heterocycles. The number of Topliss-reactive ketones (excluding diaryl/α,β-unsaturated/α-hetero) is 2. The van der Waals surface area contributed by atoms with E-state index in [0.717, 1.165) is 13.0 Å². The zero-order valence-corrected chi connectivity index (χ0v) is 11.9. The fourth-order valence-electron chi connectivity index (χ4n) is 2.24. The van der Waals surface area contributed by atoms with Crippen LogP contribution in [0.4, 0.5) is 0 Å². The molecule has 0 bridgehead atoms. The summed E-state index contributed by atoms with van der Waals surface area (Å²) >= 11 is 0. The number of ether oxygens (including phenoxy) is 2. The van der Waals surface area contributed by atoms with E-state index in [1.165, 1.54) is 0 Å². The van der Waals surface area contributed by atoms with Gasteiger partial charge in [0, 0.05) is 26.9 Å². The SMILES string of the molecule is CNCCOCCOCCCC1C(=O)CC(C)C1=O.[HH]. The van der Waals surface area contributed by atoms with Crippen LogP contribution in [0.5, 0.6) is 0 Å². The fourth-order valence-corrected chi connectivity index (χ4v) is 2.24. The van der Waals surface area contributed by atoms with E-state index in [4.69, 9.17) is 9.47 Å². The molecule has 2 unspecified atom stereocenters. The number of ketones is 2. The maximum atomic E-state index is 11.7. The smallest absolute Gasteiger partial charge is 0.146 e. The second-order valence-electron chi connectivity index (χ2n) is 5.00. The highest BCUT2D eigenvalue weighted by atomic mass is 16.5. The van der Waals surface area contributed by atoms with E-state index in [9.17, 15) is 9.59 Å². The van der Waals surface area contributed by atoms with E-state index in [0.29, 0.717) is 39.3 Å². The summed E-state index contributed by atoms with van der Waals surface area (Å²) in [7, 11) is 1.88. The van der Waals surface area contributed by atoms with Crippen LogP contribution < -0.4 is 5.32 Å². The van der Waals surface area contributed by atoms with Gasteiger partial charge in [-0.2, -0.15) is 0 Å². The lowest BCUT2D eigenvalue weighted by Gasteiger charge is -2.08. The Morgan fingerprint density at radius 2 is 1.89 bits per heavy atom. The van der Waals surface area contributed by atoms with Crippen LogP contribution in [0.25, 0.3) is 0 Å². The van der Waals surface area contributed by atoms with E-state index < -0.39 is 0 Å². The topological polar surface area (TPSA) is 64.6 Å². The quantitative estimate of drug-likeness (QED) is 0.476. The molecule has 0 spiro atoms. The molecule has 0 saturated heterocycles. The van der Waals surface area contributed by atoms with Gasteiger partial charge in [0.05, 0.1) is 25.7 Å². The molecule has 1 fully saturated rings. The van der Waals surface area contributed by atoms with Crippen molar-refractivity contribution in [2.75, 3.05) is 40.0 Å². The molecular weight excluding hydrogens is 246 g/mol. The first-order chi connectivity index (χ1) is 9.16. The van der Waals surface area contributed by atoms with Gasteiger partial charge in [-0.05, 0) is 19.9 Å². The zero-order chi connectivity index (χ0) is 14.1. The van der Waals surface area contributed by atoms with E-state index in [-0.39, 0.29) is 24.8 Å². The third kappa shape index (κ3) is 5.80. The van der Waals surface area contributed by atoms with Gasteiger partial charge in [0.2, 0.25) is 0 Å². The highest BCUT2D eigenvalue weighted by Crippen LogP contribution is 2.26. The second-order valence-corrected chi connectivity index (χ2v) is 5.00. The summed E-state index contributed by atoms with van der Waals surface area (Å²) < 4.78 is 10.7. The Bertz CT molecular complexity index is 299. The van der Waals surface area contributed by atoms with Gasteiger partial charge in [0.1, 0.15) is 11.6 Å². The van der Waals surface area contributed by atoms with Crippen molar-refractivity contribution in [1.29, 1.82) is 0 Å². The zero-order valence-electron chi connectivity index (χ0n) is 11.9. The van der Waals surface area contributed by atoms with Gasteiger partial charge in [-0.25, -0.2) is 0 Å². The molecule has 19 heavy (non-hydrogen) atoms. The first-order valence-electron chi connectivity index (χ1n) is 7.03. The van der Waals surface area contributed by atoms with Gasteiger partial charge >= 0.3 is 0 Å². The van der Waals surface area contributed by atoms with Crippen molar-refractivity contribution in [3.05, 3.63) is 0 Å². The first kappa shape index (κ1) is 16.3. The Kier molecular flexibility index (Phi) is 7.86. The maximum absolute atomic E-state index is 11.7. The van der Waals surface area contributed by atoms with Crippen molar-refractivity contribution < 1.29 is 20.5 Å². The number of nitrogens with one attached hydrogen (secondary N) is 1. The van der Waals surface area contributed by atoms with Crippen molar-refractivity contribution in [2.24, 2.45) is 11.8 Å². The fraction of sp³-hybridized carbons (Fsp3) is 0.857. The molecule has 112 valence electrons. The predicted octanol–water partition coefficient (Wildman–Crippen LogP) is 1.06. The van der Waals surface area contributed by atoms with Crippen molar-refractivity contribution in [3.63, 3.8) is 0 Å². The molecular formula is C14H27NO4. The highest BCUT2D eigenvalue weighted by Gasteiger charge is 2.37. The van der Waals surface area contributed by atoms with Crippen molar-refractivity contribution in [1.82, 2.24) is 5.32 Å². The molecule has 5 nitrogen and oxygen atoms in total. The van der Waals surface area contributed by atoms with Crippen molar-refractivity contribution >= 4 is 11.6 Å². The number of carbonyl (C=O) groups excluding carboxylic acids is 2. The molecule has 0 radical (unpaired) electrons. The van der Waals surface area contributed by atoms with Crippen LogP contribution in [0.15, 0.2) is 0 Å². The lowest BCUT2D eigenvalue weighted by Crippen LogP contribution is -2.18. The predicted molar refractivity (Wildman–Crippen MR) is 74.2 cm³/mol. The largest absolute Gasteiger partial charge is 0.379 e. The summed E-state index contributed by atoms with van der Waals surface area (Å²) in [6.07, 6.45) is 1.80. The monoisotopic (exact) mass is 273 g/mol. The Morgan fingerprint density at radius 1 is 1.21 bits per heavy atom. The standard InChI is InChI=1S/C14H25NO4.H2/c1-11-10-13(16)12(14(11)17)4-3-6-18-8-9-19-7-5-15-2;/h11-12,15H,3-10H2,1-2H3;1H. The molecule has 0 aromatic rings. The number of likely N-dealkylation sites (N-methyl/N-ethyl adjacent to an activating group) is 1.